The maximum absolute atomic E-state index is 14.4. The number of thioether (sulfide) groups is 1. The Morgan fingerprint density at radius 2 is 1.62 bits per heavy atom. The van der Waals surface area contributed by atoms with Gasteiger partial charge >= 0.3 is 0 Å². The lowest BCUT2D eigenvalue weighted by Gasteiger charge is -2.10. The zero-order valence-electron chi connectivity index (χ0n) is 17.0. The lowest BCUT2D eigenvalue weighted by molar-refractivity contribution is -0.118. The van der Waals surface area contributed by atoms with Crippen LogP contribution in [-0.4, -0.2) is 33.0 Å². The number of hydrogen-bond donors (Lipinski definition) is 1. The summed E-state index contributed by atoms with van der Waals surface area (Å²) in [6.45, 7) is 0.250. The van der Waals surface area contributed by atoms with Crippen LogP contribution in [0, 0.1) is 17.7 Å². The third-order valence-electron chi connectivity index (χ3n) is 4.48. The summed E-state index contributed by atoms with van der Waals surface area (Å²) in [7, 11) is 0. The first-order valence-corrected chi connectivity index (χ1v) is 10.9. The van der Waals surface area contributed by atoms with E-state index in [0.29, 0.717) is 16.5 Å². The number of aromatic nitrogens is 3. The molecule has 3 aromatic carbocycles. The molecular formula is C25H19FN4OS. The van der Waals surface area contributed by atoms with E-state index in [9.17, 15) is 9.18 Å². The van der Waals surface area contributed by atoms with Gasteiger partial charge in [0.1, 0.15) is 5.82 Å². The Kier molecular flexibility index (Phi) is 6.95. The first kappa shape index (κ1) is 21.3. The van der Waals surface area contributed by atoms with Crippen LogP contribution in [0.4, 0.5) is 4.39 Å². The van der Waals surface area contributed by atoms with Gasteiger partial charge in [-0.25, -0.2) is 4.39 Å². The van der Waals surface area contributed by atoms with Crippen LogP contribution >= 0.6 is 11.8 Å². The molecule has 5 nitrogen and oxygen atoms in total. The van der Waals surface area contributed by atoms with Gasteiger partial charge in [0.15, 0.2) is 11.0 Å². The minimum Gasteiger partial charge on any atom is -0.344 e. The van der Waals surface area contributed by atoms with Gasteiger partial charge in [0.05, 0.1) is 17.9 Å². The second-order valence-corrected chi connectivity index (χ2v) is 7.63. The molecule has 4 aromatic rings. The average Bonchev–Trinajstić information content (AvgIpc) is 3.26. The van der Waals surface area contributed by atoms with Crippen molar-refractivity contribution in [2.75, 3.05) is 12.3 Å². The number of carbonyl (C=O) groups excluding carboxylic acids is 1. The number of benzene rings is 3. The fraction of sp³-hybridized carbons (Fsp3) is 0.0800. The second-order valence-electron chi connectivity index (χ2n) is 6.69. The monoisotopic (exact) mass is 442 g/mol. The molecule has 0 aliphatic heterocycles. The van der Waals surface area contributed by atoms with Gasteiger partial charge in [-0.15, -0.1) is 10.2 Å². The molecule has 1 amide bonds. The fourth-order valence-corrected chi connectivity index (χ4v) is 3.76. The molecule has 0 unspecified atom stereocenters. The van der Waals surface area contributed by atoms with Crippen molar-refractivity contribution in [1.29, 1.82) is 0 Å². The van der Waals surface area contributed by atoms with Crippen molar-refractivity contribution in [2.45, 2.75) is 5.16 Å². The van der Waals surface area contributed by atoms with Crippen LogP contribution < -0.4 is 5.32 Å². The predicted octanol–water partition coefficient (Wildman–Crippen LogP) is 4.33. The molecule has 0 aliphatic carbocycles. The van der Waals surface area contributed by atoms with Crippen LogP contribution in [0.15, 0.2) is 90.1 Å². The van der Waals surface area contributed by atoms with E-state index in [-0.39, 0.29) is 24.0 Å². The number of nitrogens with one attached hydrogen (secondary N) is 1. The minimum atomic E-state index is -0.386. The van der Waals surface area contributed by atoms with Gasteiger partial charge in [0.25, 0.3) is 0 Å². The van der Waals surface area contributed by atoms with E-state index >= 15 is 0 Å². The number of rotatable bonds is 6. The SMILES string of the molecule is O=C(CSc1nnc(-c2ccccc2F)n1-c1ccccc1)NCC#Cc1ccccc1. The third kappa shape index (κ3) is 5.23. The minimum absolute atomic E-state index is 0.134. The molecule has 0 bridgehead atoms. The van der Waals surface area contributed by atoms with Crippen LogP contribution in [0.5, 0.6) is 0 Å². The summed E-state index contributed by atoms with van der Waals surface area (Å²) in [6, 6.07) is 25.4. The zero-order chi connectivity index (χ0) is 22.2. The Labute approximate surface area is 189 Å². The maximum Gasteiger partial charge on any atom is 0.231 e. The number of hydrogen-bond acceptors (Lipinski definition) is 4. The van der Waals surface area contributed by atoms with Gasteiger partial charge in [-0.3, -0.25) is 9.36 Å². The van der Waals surface area contributed by atoms with Gasteiger partial charge < -0.3 is 5.32 Å². The summed E-state index contributed by atoms with van der Waals surface area (Å²) >= 11 is 1.23. The molecule has 0 aliphatic rings. The van der Waals surface area contributed by atoms with E-state index in [2.05, 4.69) is 27.4 Å². The number of carbonyl (C=O) groups is 1. The standard InChI is InChI=1S/C25H19FN4OS/c26-22-16-8-7-15-21(22)24-28-29-25(30(24)20-13-5-2-6-14-20)32-18-23(31)27-17-9-12-19-10-3-1-4-11-19/h1-8,10-11,13-16H,17-18H2,(H,27,31). The van der Waals surface area contributed by atoms with Gasteiger partial charge in [0.2, 0.25) is 5.91 Å². The predicted molar refractivity (Wildman–Crippen MR) is 124 cm³/mol. The van der Waals surface area contributed by atoms with Crippen molar-refractivity contribution in [3.8, 4) is 28.9 Å². The van der Waals surface area contributed by atoms with Crippen LogP contribution in [0.25, 0.3) is 17.1 Å². The highest BCUT2D eigenvalue weighted by atomic mass is 32.2. The second kappa shape index (κ2) is 10.4. The molecule has 4 rings (SSSR count). The van der Waals surface area contributed by atoms with Crippen LogP contribution in [0.3, 0.4) is 0 Å². The fourth-order valence-electron chi connectivity index (χ4n) is 2.98. The molecular weight excluding hydrogens is 423 g/mol. The molecule has 0 fully saturated rings. The highest BCUT2D eigenvalue weighted by Gasteiger charge is 2.19. The van der Waals surface area contributed by atoms with Crippen molar-refractivity contribution >= 4 is 17.7 Å². The van der Waals surface area contributed by atoms with Gasteiger partial charge in [-0.05, 0) is 36.4 Å². The Balaban J connectivity index is 1.47. The van der Waals surface area contributed by atoms with Gasteiger partial charge in [0, 0.05) is 11.3 Å². The van der Waals surface area contributed by atoms with E-state index in [1.54, 1.807) is 22.8 Å². The number of nitrogens with zero attached hydrogens (tertiary/aromatic N) is 3. The molecule has 7 heteroatoms. The average molecular weight is 443 g/mol. The molecule has 0 spiro atoms. The Morgan fingerprint density at radius 3 is 2.38 bits per heavy atom. The summed E-state index contributed by atoms with van der Waals surface area (Å²) in [4.78, 5) is 12.3. The number of para-hydroxylation sites is 1. The summed E-state index contributed by atoms with van der Waals surface area (Å²) < 4.78 is 16.2. The van der Waals surface area contributed by atoms with Gasteiger partial charge in [-0.1, -0.05) is 72.1 Å². The molecule has 0 atom stereocenters. The highest BCUT2D eigenvalue weighted by Crippen LogP contribution is 2.29. The molecule has 1 aromatic heterocycles. The van der Waals surface area contributed by atoms with Crippen LogP contribution in [0.2, 0.25) is 0 Å². The topological polar surface area (TPSA) is 59.8 Å². The van der Waals surface area contributed by atoms with Crippen molar-refractivity contribution in [3.63, 3.8) is 0 Å². The summed E-state index contributed by atoms with van der Waals surface area (Å²) in [5, 5.41) is 11.7. The van der Waals surface area contributed by atoms with E-state index in [0.717, 1.165) is 11.3 Å². The highest BCUT2D eigenvalue weighted by molar-refractivity contribution is 7.99. The van der Waals surface area contributed by atoms with Crippen molar-refractivity contribution in [3.05, 3.63) is 96.3 Å². The molecule has 158 valence electrons. The van der Waals surface area contributed by atoms with Crippen molar-refractivity contribution < 1.29 is 9.18 Å². The van der Waals surface area contributed by atoms with E-state index < -0.39 is 0 Å². The smallest absolute Gasteiger partial charge is 0.231 e. The van der Waals surface area contributed by atoms with Crippen LogP contribution in [0.1, 0.15) is 5.56 Å². The van der Waals surface area contributed by atoms with Crippen molar-refractivity contribution in [2.24, 2.45) is 0 Å². The Hall–Kier alpha value is -3.89. The van der Waals surface area contributed by atoms with Gasteiger partial charge in [-0.2, -0.15) is 0 Å². The quantitative estimate of drug-likeness (QED) is 0.357. The summed E-state index contributed by atoms with van der Waals surface area (Å²) in [6.07, 6.45) is 0. The van der Waals surface area contributed by atoms with E-state index in [4.69, 9.17) is 0 Å². The zero-order valence-corrected chi connectivity index (χ0v) is 17.8. The number of halogens is 1. The number of amides is 1. The van der Waals surface area contributed by atoms with E-state index in [1.165, 1.54) is 17.8 Å². The summed E-state index contributed by atoms with van der Waals surface area (Å²) in [5.74, 6) is 5.89. The third-order valence-corrected chi connectivity index (χ3v) is 5.40. The largest absolute Gasteiger partial charge is 0.344 e. The molecule has 1 heterocycles. The molecule has 1 N–H and O–H groups in total. The molecule has 0 radical (unpaired) electrons. The maximum atomic E-state index is 14.4. The summed E-state index contributed by atoms with van der Waals surface area (Å²) in [5.41, 5.74) is 2.02. The first-order chi connectivity index (χ1) is 15.7. The normalized spacial score (nSPS) is 10.3. The molecule has 32 heavy (non-hydrogen) atoms. The lowest BCUT2D eigenvalue weighted by atomic mass is 10.2. The molecule has 0 saturated heterocycles. The Bertz CT molecular complexity index is 1260. The first-order valence-electron chi connectivity index (χ1n) is 9.91. The Morgan fingerprint density at radius 1 is 0.938 bits per heavy atom. The van der Waals surface area contributed by atoms with Crippen LogP contribution in [-0.2, 0) is 4.79 Å². The van der Waals surface area contributed by atoms with Crippen molar-refractivity contribution in [1.82, 2.24) is 20.1 Å². The lowest BCUT2D eigenvalue weighted by Crippen LogP contribution is -2.25. The van der Waals surface area contributed by atoms with E-state index in [1.807, 2.05) is 60.7 Å². The molecule has 0 saturated carbocycles.